The van der Waals surface area contributed by atoms with Gasteiger partial charge in [-0.1, -0.05) is 37.7 Å². The third kappa shape index (κ3) is 4.06. The molecule has 0 radical (unpaired) electrons. The molecule has 0 aliphatic carbocycles. The van der Waals surface area contributed by atoms with E-state index in [4.69, 9.17) is 4.74 Å². The predicted molar refractivity (Wildman–Crippen MR) is 104 cm³/mol. The summed E-state index contributed by atoms with van der Waals surface area (Å²) in [6.07, 6.45) is 0.736. The summed E-state index contributed by atoms with van der Waals surface area (Å²) in [4.78, 5) is 18.6. The molecule has 2 saturated heterocycles. The van der Waals surface area contributed by atoms with Crippen LogP contribution in [-0.4, -0.2) is 54.3 Å². The lowest BCUT2D eigenvalue weighted by Gasteiger charge is -2.24. The Balaban J connectivity index is 1.86. The minimum absolute atomic E-state index is 0.0540. The van der Waals surface area contributed by atoms with Crippen molar-refractivity contribution in [3.05, 3.63) is 29.8 Å². The lowest BCUT2D eigenvalue weighted by Crippen LogP contribution is -2.37. The van der Waals surface area contributed by atoms with Gasteiger partial charge in [-0.2, -0.15) is 4.99 Å². The van der Waals surface area contributed by atoms with E-state index in [0.29, 0.717) is 11.7 Å². The van der Waals surface area contributed by atoms with Gasteiger partial charge in [0.05, 0.1) is 24.7 Å². The Morgan fingerprint density at radius 1 is 1.35 bits per heavy atom. The molecule has 3 atom stereocenters. The molecule has 0 saturated carbocycles. The molecule has 2 aliphatic heterocycles. The van der Waals surface area contributed by atoms with Gasteiger partial charge in [-0.25, -0.2) is 8.42 Å². The van der Waals surface area contributed by atoms with Crippen LogP contribution in [-0.2, 0) is 21.2 Å². The van der Waals surface area contributed by atoms with Crippen molar-refractivity contribution in [3.8, 4) is 5.75 Å². The van der Waals surface area contributed by atoms with Crippen LogP contribution in [0.15, 0.2) is 29.3 Å². The first-order valence-corrected chi connectivity index (χ1v) is 11.4. The Kier molecular flexibility index (Phi) is 5.62. The highest BCUT2D eigenvalue weighted by atomic mass is 32.2. The van der Waals surface area contributed by atoms with Gasteiger partial charge >= 0.3 is 0 Å². The maximum atomic E-state index is 12.3. The van der Waals surface area contributed by atoms with Gasteiger partial charge in [0.15, 0.2) is 15.0 Å². The molecular weight excluding hydrogens is 372 g/mol. The molecule has 3 rings (SSSR count). The largest absolute Gasteiger partial charge is 0.497 e. The van der Waals surface area contributed by atoms with Gasteiger partial charge in [-0.15, -0.1) is 0 Å². The van der Waals surface area contributed by atoms with E-state index in [2.05, 4.69) is 4.99 Å². The van der Waals surface area contributed by atoms with Crippen LogP contribution in [0.2, 0.25) is 0 Å². The van der Waals surface area contributed by atoms with Gasteiger partial charge < -0.3 is 9.64 Å². The Morgan fingerprint density at radius 3 is 2.65 bits per heavy atom. The number of carbonyl (C=O) groups is 1. The number of hydrogen-bond donors (Lipinski definition) is 0. The fraction of sp³-hybridized carbons (Fsp3) is 0.556. The second kappa shape index (κ2) is 7.60. The SMILES string of the molecule is CC[C@H](C)C(=O)N=C1S[C@@H]2CS(=O)(=O)C[C@H]2N1Cc1ccc(OC)cc1. The highest BCUT2D eigenvalue weighted by Gasteiger charge is 2.48. The lowest BCUT2D eigenvalue weighted by atomic mass is 10.1. The van der Waals surface area contributed by atoms with Crippen LogP contribution in [0.25, 0.3) is 0 Å². The fourth-order valence-corrected chi connectivity index (χ4v) is 7.08. The Hall–Kier alpha value is -1.54. The first-order valence-electron chi connectivity index (χ1n) is 8.72. The molecule has 2 fully saturated rings. The van der Waals surface area contributed by atoms with Crippen molar-refractivity contribution >= 4 is 32.7 Å². The summed E-state index contributed by atoms with van der Waals surface area (Å²) in [5.74, 6) is 0.773. The van der Waals surface area contributed by atoms with Crippen molar-refractivity contribution in [1.82, 2.24) is 4.90 Å². The molecule has 2 heterocycles. The molecule has 26 heavy (non-hydrogen) atoms. The average molecular weight is 397 g/mol. The zero-order valence-electron chi connectivity index (χ0n) is 15.2. The zero-order valence-corrected chi connectivity index (χ0v) is 16.8. The van der Waals surface area contributed by atoms with Gasteiger partial charge in [-0.05, 0) is 24.1 Å². The van der Waals surface area contributed by atoms with Crippen molar-refractivity contribution in [2.24, 2.45) is 10.9 Å². The number of sulfone groups is 1. The van der Waals surface area contributed by atoms with E-state index in [1.165, 1.54) is 11.8 Å². The number of methoxy groups -OCH3 is 1. The molecule has 1 aromatic carbocycles. The quantitative estimate of drug-likeness (QED) is 0.760. The highest BCUT2D eigenvalue weighted by Crippen LogP contribution is 2.39. The molecule has 0 N–H and O–H groups in total. The minimum Gasteiger partial charge on any atom is -0.497 e. The second-order valence-corrected chi connectivity index (χ2v) is 10.2. The van der Waals surface area contributed by atoms with Crippen LogP contribution in [0.3, 0.4) is 0 Å². The molecule has 1 amide bonds. The number of amidine groups is 1. The third-order valence-corrected chi connectivity index (χ3v) is 8.17. The summed E-state index contributed by atoms with van der Waals surface area (Å²) in [5.41, 5.74) is 1.03. The van der Waals surface area contributed by atoms with Gasteiger partial charge in [-0.3, -0.25) is 4.79 Å². The normalized spacial score (nSPS) is 26.7. The second-order valence-electron chi connectivity index (χ2n) is 6.82. The molecule has 2 aliphatic rings. The predicted octanol–water partition coefficient (Wildman–Crippen LogP) is 2.34. The summed E-state index contributed by atoms with van der Waals surface area (Å²) in [6.45, 7) is 4.35. The average Bonchev–Trinajstić information content (AvgIpc) is 3.07. The molecule has 1 aromatic rings. The van der Waals surface area contributed by atoms with E-state index in [9.17, 15) is 13.2 Å². The van der Waals surface area contributed by atoms with E-state index in [0.717, 1.165) is 17.7 Å². The molecule has 0 bridgehead atoms. The molecule has 0 unspecified atom stereocenters. The van der Waals surface area contributed by atoms with E-state index >= 15 is 0 Å². The van der Waals surface area contributed by atoms with Crippen molar-refractivity contribution in [2.45, 2.75) is 38.1 Å². The van der Waals surface area contributed by atoms with E-state index in [1.54, 1.807) is 7.11 Å². The van der Waals surface area contributed by atoms with Crippen molar-refractivity contribution in [3.63, 3.8) is 0 Å². The van der Waals surface area contributed by atoms with Crippen molar-refractivity contribution in [1.29, 1.82) is 0 Å². The van der Waals surface area contributed by atoms with Crippen LogP contribution >= 0.6 is 11.8 Å². The molecule has 8 heteroatoms. The molecule has 0 aromatic heterocycles. The number of aliphatic imine (C=N–C) groups is 1. The van der Waals surface area contributed by atoms with Crippen molar-refractivity contribution < 1.29 is 17.9 Å². The summed E-state index contributed by atoms with van der Waals surface area (Å²) in [6, 6.07) is 7.53. The van der Waals surface area contributed by atoms with Crippen LogP contribution in [0, 0.1) is 5.92 Å². The Labute approximate surface area is 158 Å². The first kappa shape index (κ1) is 19.2. The Bertz CT molecular complexity index is 805. The number of rotatable bonds is 5. The fourth-order valence-electron chi connectivity index (χ4n) is 3.13. The van der Waals surface area contributed by atoms with E-state index in [-0.39, 0.29) is 34.6 Å². The van der Waals surface area contributed by atoms with Crippen LogP contribution in [0.5, 0.6) is 5.75 Å². The number of fused-ring (bicyclic) bond motifs is 1. The van der Waals surface area contributed by atoms with Crippen LogP contribution < -0.4 is 4.74 Å². The maximum Gasteiger partial charge on any atom is 0.250 e. The lowest BCUT2D eigenvalue weighted by molar-refractivity contribution is -0.121. The first-order chi connectivity index (χ1) is 12.3. The smallest absolute Gasteiger partial charge is 0.250 e. The summed E-state index contributed by atoms with van der Waals surface area (Å²) >= 11 is 1.43. The minimum atomic E-state index is -3.04. The van der Waals surface area contributed by atoms with Gasteiger partial charge in [0.1, 0.15) is 5.75 Å². The number of thioether (sulfide) groups is 1. The van der Waals surface area contributed by atoms with Gasteiger partial charge in [0, 0.05) is 17.7 Å². The van der Waals surface area contributed by atoms with Crippen LogP contribution in [0.1, 0.15) is 25.8 Å². The third-order valence-electron chi connectivity index (χ3n) is 4.93. The van der Waals surface area contributed by atoms with Crippen LogP contribution in [0.4, 0.5) is 0 Å². The zero-order chi connectivity index (χ0) is 18.9. The number of amides is 1. The molecule has 6 nitrogen and oxygen atoms in total. The monoisotopic (exact) mass is 396 g/mol. The summed E-state index contributed by atoms with van der Waals surface area (Å²) < 4.78 is 29.3. The molecule has 0 spiro atoms. The number of hydrogen-bond acceptors (Lipinski definition) is 5. The summed E-state index contributed by atoms with van der Waals surface area (Å²) in [7, 11) is -1.42. The van der Waals surface area contributed by atoms with Crippen molar-refractivity contribution in [2.75, 3.05) is 18.6 Å². The summed E-state index contributed by atoms with van der Waals surface area (Å²) in [5, 5.41) is 0.595. The number of ether oxygens (including phenoxy) is 1. The number of nitrogens with zero attached hydrogens (tertiary/aromatic N) is 2. The van der Waals surface area contributed by atoms with Gasteiger partial charge in [0.25, 0.3) is 5.91 Å². The van der Waals surface area contributed by atoms with E-state index in [1.807, 2.05) is 43.0 Å². The Morgan fingerprint density at radius 2 is 2.04 bits per heavy atom. The standard InChI is InChI=1S/C18H24N2O4S2/c1-4-12(2)17(21)19-18-20(9-13-5-7-14(24-3)8-6-13)15-10-26(22,23)11-16(15)25-18/h5-8,12,15-16H,4,9-11H2,1-3H3/t12-,15+,16+/m0/s1. The maximum absolute atomic E-state index is 12.3. The number of benzene rings is 1. The number of carbonyl (C=O) groups excluding carboxylic acids is 1. The van der Waals surface area contributed by atoms with Gasteiger partial charge in [0.2, 0.25) is 0 Å². The molecule has 142 valence electrons. The molecular formula is C18H24N2O4S2. The highest BCUT2D eigenvalue weighted by molar-refractivity contribution is 8.15. The topological polar surface area (TPSA) is 76.0 Å². The van der Waals surface area contributed by atoms with E-state index < -0.39 is 9.84 Å².